The number of carbonyl (C=O) groups is 1. The fourth-order valence-corrected chi connectivity index (χ4v) is 2.60. The van der Waals surface area contributed by atoms with Gasteiger partial charge >= 0.3 is 0 Å². The molecule has 5 heteroatoms. The number of nitrogens with zero attached hydrogens (tertiary/aromatic N) is 3. The van der Waals surface area contributed by atoms with Crippen LogP contribution >= 0.6 is 0 Å². The molecule has 0 saturated heterocycles. The molecule has 0 unspecified atom stereocenters. The van der Waals surface area contributed by atoms with Crippen molar-refractivity contribution in [2.24, 2.45) is 5.92 Å². The van der Waals surface area contributed by atoms with Crippen molar-refractivity contribution in [3.05, 3.63) is 41.8 Å². The summed E-state index contributed by atoms with van der Waals surface area (Å²) in [5, 5.41) is 4.46. The summed E-state index contributed by atoms with van der Waals surface area (Å²) >= 11 is 0. The van der Waals surface area contributed by atoms with Crippen molar-refractivity contribution in [3.63, 3.8) is 0 Å². The van der Waals surface area contributed by atoms with Crippen LogP contribution in [0.15, 0.2) is 30.3 Å². The Morgan fingerprint density at radius 1 is 1.24 bits per heavy atom. The van der Waals surface area contributed by atoms with Gasteiger partial charge < -0.3 is 4.90 Å². The highest BCUT2D eigenvalue weighted by Crippen LogP contribution is 2.23. The molecule has 1 aromatic carbocycles. The maximum atomic E-state index is 13.0. The molecule has 21 heavy (non-hydrogen) atoms. The van der Waals surface area contributed by atoms with Crippen molar-refractivity contribution in [1.29, 1.82) is 0 Å². The Balaban J connectivity index is 1.87. The van der Waals surface area contributed by atoms with Gasteiger partial charge in [0.25, 0.3) is 0 Å². The van der Waals surface area contributed by atoms with Gasteiger partial charge in [0, 0.05) is 12.1 Å². The second-order valence-electron chi connectivity index (χ2n) is 5.85. The van der Waals surface area contributed by atoms with Crippen molar-refractivity contribution < 1.29 is 9.18 Å². The second-order valence-corrected chi connectivity index (χ2v) is 5.85. The normalized spacial score (nSPS) is 14.7. The van der Waals surface area contributed by atoms with Crippen molar-refractivity contribution in [2.75, 3.05) is 6.54 Å². The molecule has 0 atom stereocenters. The van der Waals surface area contributed by atoms with E-state index in [-0.39, 0.29) is 18.3 Å². The van der Waals surface area contributed by atoms with Crippen molar-refractivity contribution in [1.82, 2.24) is 14.7 Å². The number of amides is 1. The molecule has 4 nitrogen and oxygen atoms in total. The minimum Gasteiger partial charge on any atom is -0.335 e. The fourth-order valence-electron chi connectivity index (χ4n) is 2.60. The van der Waals surface area contributed by atoms with Gasteiger partial charge in [-0.2, -0.15) is 5.10 Å². The van der Waals surface area contributed by atoms with E-state index in [1.165, 1.54) is 12.1 Å². The topological polar surface area (TPSA) is 38.1 Å². The van der Waals surface area contributed by atoms with Crippen LogP contribution in [0.25, 0.3) is 11.3 Å². The molecule has 110 valence electrons. The summed E-state index contributed by atoms with van der Waals surface area (Å²) in [5.41, 5.74) is 2.67. The number of benzene rings is 1. The van der Waals surface area contributed by atoms with Crippen LogP contribution in [0.1, 0.15) is 19.5 Å². The largest absolute Gasteiger partial charge is 0.335 e. The molecule has 1 aliphatic heterocycles. The molecule has 1 aliphatic rings. The summed E-state index contributed by atoms with van der Waals surface area (Å²) in [6.07, 6.45) is 0. The maximum Gasteiger partial charge on any atom is 0.244 e. The summed E-state index contributed by atoms with van der Waals surface area (Å²) in [7, 11) is 0. The molecule has 0 saturated carbocycles. The Morgan fingerprint density at radius 2 is 1.95 bits per heavy atom. The minimum absolute atomic E-state index is 0.102. The standard InChI is InChI=1S/C16H18FN3O/c1-11(2)8-19-9-14-7-15(18-20(14)10-16(19)21)12-3-5-13(17)6-4-12/h3-7,11H,8-10H2,1-2H3. The van der Waals surface area contributed by atoms with E-state index in [0.717, 1.165) is 23.5 Å². The van der Waals surface area contributed by atoms with Gasteiger partial charge in [0.15, 0.2) is 0 Å². The van der Waals surface area contributed by atoms with Crippen LogP contribution in [-0.4, -0.2) is 27.1 Å². The molecule has 3 rings (SSSR count). The Kier molecular flexibility index (Phi) is 3.49. The number of aromatic nitrogens is 2. The predicted molar refractivity (Wildman–Crippen MR) is 77.9 cm³/mol. The average Bonchev–Trinajstić information content (AvgIpc) is 2.82. The molecule has 0 aliphatic carbocycles. The fraction of sp³-hybridized carbons (Fsp3) is 0.375. The highest BCUT2D eigenvalue weighted by Gasteiger charge is 2.25. The smallest absolute Gasteiger partial charge is 0.244 e. The van der Waals surface area contributed by atoms with E-state index in [2.05, 4.69) is 18.9 Å². The van der Waals surface area contributed by atoms with E-state index in [0.29, 0.717) is 12.5 Å². The van der Waals surface area contributed by atoms with Crippen LogP contribution in [0.2, 0.25) is 0 Å². The van der Waals surface area contributed by atoms with E-state index in [1.807, 2.05) is 11.0 Å². The van der Waals surface area contributed by atoms with E-state index in [9.17, 15) is 9.18 Å². The second kappa shape index (κ2) is 5.31. The lowest BCUT2D eigenvalue weighted by molar-refractivity contribution is -0.134. The van der Waals surface area contributed by atoms with Gasteiger partial charge in [0.05, 0.1) is 17.9 Å². The number of carbonyl (C=O) groups excluding carboxylic acids is 1. The van der Waals surface area contributed by atoms with Crippen molar-refractivity contribution in [2.45, 2.75) is 26.9 Å². The first kappa shape index (κ1) is 13.8. The van der Waals surface area contributed by atoms with Gasteiger partial charge in [-0.3, -0.25) is 9.48 Å². The van der Waals surface area contributed by atoms with Crippen LogP contribution in [-0.2, 0) is 17.9 Å². The van der Waals surface area contributed by atoms with E-state index >= 15 is 0 Å². The molecule has 0 spiro atoms. The summed E-state index contributed by atoms with van der Waals surface area (Å²) < 4.78 is 14.7. The summed E-state index contributed by atoms with van der Waals surface area (Å²) in [6, 6.07) is 8.23. The third kappa shape index (κ3) is 2.82. The zero-order valence-corrected chi connectivity index (χ0v) is 12.2. The Morgan fingerprint density at radius 3 is 2.62 bits per heavy atom. The number of rotatable bonds is 3. The highest BCUT2D eigenvalue weighted by molar-refractivity contribution is 5.77. The minimum atomic E-state index is -0.263. The molecular formula is C16H18FN3O. The molecular weight excluding hydrogens is 269 g/mol. The van der Waals surface area contributed by atoms with Crippen molar-refractivity contribution in [3.8, 4) is 11.3 Å². The van der Waals surface area contributed by atoms with Gasteiger partial charge in [-0.25, -0.2) is 4.39 Å². The average molecular weight is 287 g/mol. The van der Waals surface area contributed by atoms with Crippen LogP contribution < -0.4 is 0 Å². The molecule has 0 N–H and O–H groups in total. The van der Waals surface area contributed by atoms with Crippen LogP contribution in [0.5, 0.6) is 0 Å². The molecule has 1 amide bonds. The molecule has 1 aromatic heterocycles. The van der Waals surface area contributed by atoms with Gasteiger partial charge in [-0.15, -0.1) is 0 Å². The van der Waals surface area contributed by atoms with Gasteiger partial charge in [0.2, 0.25) is 5.91 Å². The molecule has 0 bridgehead atoms. The molecule has 0 radical (unpaired) electrons. The number of hydrogen-bond donors (Lipinski definition) is 0. The quantitative estimate of drug-likeness (QED) is 0.870. The third-order valence-corrected chi connectivity index (χ3v) is 3.58. The van der Waals surface area contributed by atoms with Gasteiger partial charge in [-0.05, 0) is 36.2 Å². The lowest BCUT2D eigenvalue weighted by Gasteiger charge is -2.28. The Hall–Kier alpha value is -2.17. The SMILES string of the molecule is CC(C)CN1Cc2cc(-c3ccc(F)cc3)nn2CC1=O. The third-order valence-electron chi connectivity index (χ3n) is 3.58. The first-order valence-electron chi connectivity index (χ1n) is 7.13. The maximum absolute atomic E-state index is 13.0. The Labute approximate surface area is 123 Å². The van der Waals surface area contributed by atoms with E-state index < -0.39 is 0 Å². The number of hydrogen-bond acceptors (Lipinski definition) is 2. The van der Waals surface area contributed by atoms with E-state index in [1.54, 1.807) is 16.8 Å². The lowest BCUT2D eigenvalue weighted by Crippen LogP contribution is -2.41. The summed E-state index contributed by atoms with van der Waals surface area (Å²) in [4.78, 5) is 14.0. The van der Waals surface area contributed by atoms with Crippen LogP contribution in [0.3, 0.4) is 0 Å². The molecule has 0 fully saturated rings. The van der Waals surface area contributed by atoms with Crippen LogP contribution in [0, 0.1) is 11.7 Å². The van der Waals surface area contributed by atoms with Gasteiger partial charge in [-0.1, -0.05) is 13.8 Å². The molecule has 2 heterocycles. The first-order valence-corrected chi connectivity index (χ1v) is 7.13. The van der Waals surface area contributed by atoms with Crippen LogP contribution in [0.4, 0.5) is 4.39 Å². The van der Waals surface area contributed by atoms with E-state index in [4.69, 9.17) is 0 Å². The Bertz CT molecular complexity index is 661. The first-order chi connectivity index (χ1) is 10.0. The molecule has 2 aromatic rings. The zero-order valence-electron chi connectivity index (χ0n) is 12.2. The number of fused-ring (bicyclic) bond motifs is 1. The lowest BCUT2D eigenvalue weighted by atomic mass is 10.1. The predicted octanol–water partition coefficient (Wildman–Crippen LogP) is 2.69. The monoisotopic (exact) mass is 287 g/mol. The summed E-state index contributed by atoms with van der Waals surface area (Å²) in [6.45, 7) is 5.83. The number of halogens is 1. The van der Waals surface area contributed by atoms with Crippen molar-refractivity contribution >= 4 is 5.91 Å². The van der Waals surface area contributed by atoms with Gasteiger partial charge in [0.1, 0.15) is 12.4 Å². The summed E-state index contributed by atoms with van der Waals surface area (Å²) in [5.74, 6) is 0.283. The zero-order chi connectivity index (χ0) is 15.0. The highest BCUT2D eigenvalue weighted by atomic mass is 19.1.